The summed E-state index contributed by atoms with van der Waals surface area (Å²) in [6.45, 7) is 6.18. The standard InChI is InChI=1S/C12H26N2O2.ClH/c1-12(2,9-13)10-14(3)11(15)7-5-6-8-16-4;/h5-10,13H2,1-4H3;1H. The first-order chi connectivity index (χ1) is 7.43. The van der Waals surface area contributed by atoms with Crippen molar-refractivity contribution in [3.63, 3.8) is 0 Å². The summed E-state index contributed by atoms with van der Waals surface area (Å²) >= 11 is 0. The van der Waals surface area contributed by atoms with Gasteiger partial charge in [-0.2, -0.15) is 0 Å². The fourth-order valence-electron chi connectivity index (χ4n) is 1.51. The van der Waals surface area contributed by atoms with Gasteiger partial charge in [0.25, 0.3) is 0 Å². The van der Waals surface area contributed by atoms with Crippen LogP contribution >= 0.6 is 12.4 Å². The number of carbonyl (C=O) groups is 1. The third-order valence-corrected chi connectivity index (χ3v) is 2.63. The van der Waals surface area contributed by atoms with Crippen molar-refractivity contribution in [1.82, 2.24) is 4.90 Å². The molecule has 0 aliphatic rings. The number of hydrogen-bond donors (Lipinski definition) is 1. The molecule has 5 heteroatoms. The number of nitrogens with zero attached hydrogens (tertiary/aromatic N) is 1. The first-order valence-electron chi connectivity index (χ1n) is 5.86. The second-order valence-electron chi connectivity index (χ2n) is 5.07. The monoisotopic (exact) mass is 266 g/mol. The topological polar surface area (TPSA) is 55.6 Å². The van der Waals surface area contributed by atoms with Crippen LogP contribution in [0.1, 0.15) is 33.1 Å². The fourth-order valence-corrected chi connectivity index (χ4v) is 1.51. The number of ether oxygens (including phenoxy) is 1. The van der Waals surface area contributed by atoms with Crippen LogP contribution in [0.15, 0.2) is 0 Å². The van der Waals surface area contributed by atoms with Crippen molar-refractivity contribution in [2.24, 2.45) is 11.1 Å². The lowest BCUT2D eigenvalue weighted by atomic mass is 9.93. The van der Waals surface area contributed by atoms with Gasteiger partial charge in [-0.25, -0.2) is 0 Å². The molecule has 0 aromatic heterocycles. The Morgan fingerprint density at radius 2 is 1.94 bits per heavy atom. The van der Waals surface area contributed by atoms with Gasteiger partial charge in [0.1, 0.15) is 0 Å². The van der Waals surface area contributed by atoms with E-state index < -0.39 is 0 Å². The number of rotatable bonds is 8. The second-order valence-corrected chi connectivity index (χ2v) is 5.07. The Morgan fingerprint density at radius 3 is 2.41 bits per heavy atom. The summed E-state index contributed by atoms with van der Waals surface area (Å²) in [4.78, 5) is 13.5. The molecule has 0 heterocycles. The van der Waals surface area contributed by atoms with E-state index in [0.29, 0.717) is 19.5 Å². The molecule has 4 nitrogen and oxygen atoms in total. The van der Waals surface area contributed by atoms with Gasteiger partial charge in [0.15, 0.2) is 0 Å². The van der Waals surface area contributed by atoms with Gasteiger partial charge in [-0.15, -0.1) is 12.4 Å². The van der Waals surface area contributed by atoms with E-state index >= 15 is 0 Å². The molecule has 0 aliphatic heterocycles. The highest BCUT2D eigenvalue weighted by atomic mass is 35.5. The molecule has 0 saturated carbocycles. The summed E-state index contributed by atoms with van der Waals surface area (Å²) < 4.78 is 4.94. The lowest BCUT2D eigenvalue weighted by Gasteiger charge is -2.29. The smallest absolute Gasteiger partial charge is 0.222 e. The zero-order valence-corrected chi connectivity index (χ0v) is 12.3. The molecule has 0 rings (SSSR count). The van der Waals surface area contributed by atoms with Crippen molar-refractivity contribution in [2.45, 2.75) is 33.1 Å². The predicted octanol–water partition coefficient (Wildman–Crippen LogP) is 1.67. The normalized spacial score (nSPS) is 10.9. The largest absolute Gasteiger partial charge is 0.385 e. The summed E-state index contributed by atoms with van der Waals surface area (Å²) in [5.41, 5.74) is 5.64. The minimum absolute atomic E-state index is 0. The van der Waals surface area contributed by atoms with E-state index in [-0.39, 0.29) is 23.7 Å². The van der Waals surface area contributed by atoms with Crippen molar-refractivity contribution in [1.29, 1.82) is 0 Å². The zero-order chi connectivity index (χ0) is 12.6. The molecule has 0 unspecified atom stereocenters. The molecule has 0 radical (unpaired) electrons. The number of unbranched alkanes of at least 4 members (excludes halogenated alkanes) is 1. The van der Waals surface area contributed by atoms with Crippen LogP contribution in [-0.4, -0.2) is 44.7 Å². The average molecular weight is 267 g/mol. The van der Waals surface area contributed by atoms with Crippen molar-refractivity contribution in [3.05, 3.63) is 0 Å². The number of halogens is 1. The Labute approximate surface area is 111 Å². The maximum Gasteiger partial charge on any atom is 0.222 e. The number of amides is 1. The van der Waals surface area contributed by atoms with Crippen LogP contribution < -0.4 is 5.73 Å². The molecule has 104 valence electrons. The summed E-state index contributed by atoms with van der Waals surface area (Å²) in [7, 11) is 3.52. The Hall–Kier alpha value is -0.320. The number of methoxy groups -OCH3 is 1. The third-order valence-electron chi connectivity index (χ3n) is 2.63. The van der Waals surface area contributed by atoms with Gasteiger partial charge >= 0.3 is 0 Å². The van der Waals surface area contributed by atoms with Gasteiger partial charge in [0, 0.05) is 33.7 Å². The minimum atomic E-state index is -0.00304. The molecule has 17 heavy (non-hydrogen) atoms. The molecule has 1 amide bonds. The molecule has 0 atom stereocenters. The Kier molecular flexibility index (Phi) is 10.8. The Morgan fingerprint density at radius 1 is 1.35 bits per heavy atom. The van der Waals surface area contributed by atoms with Gasteiger partial charge in [0.2, 0.25) is 5.91 Å². The maximum absolute atomic E-state index is 11.7. The van der Waals surface area contributed by atoms with Crippen LogP contribution in [0.4, 0.5) is 0 Å². The number of nitrogens with two attached hydrogens (primary N) is 1. The van der Waals surface area contributed by atoms with Crippen molar-refractivity contribution in [3.8, 4) is 0 Å². The molecule has 0 fully saturated rings. The summed E-state index contributed by atoms with van der Waals surface area (Å²) in [6, 6.07) is 0. The van der Waals surface area contributed by atoms with E-state index in [1.165, 1.54) is 0 Å². The van der Waals surface area contributed by atoms with E-state index in [1.54, 1.807) is 12.0 Å². The maximum atomic E-state index is 11.7. The van der Waals surface area contributed by atoms with E-state index in [4.69, 9.17) is 10.5 Å². The zero-order valence-electron chi connectivity index (χ0n) is 11.5. The molecule has 0 aromatic carbocycles. The van der Waals surface area contributed by atoms with Crippen LogP contribution in [0, 0.1) is 5.41 Å². The van der Waals surface area contributed by atoms with Gasteiger partial charge in [-0.05, 0) is 24.8 Å². The Balaban J connectivity index is 0. The predicted molar refractivity (Wildman–Crippen MR) is 73.4 cm³/mol. The highest BCUT2D eigenvalue weighted by Crippen LogP contribution is 2.14. The van der Waals surface area contributed by atoms with Crippen LogP contribution in [0.25, 0.3) is 0 Å². The van der Waals surface area contributed by atoms with E-state index in [2.05, 4.69) is 13.8 Å². The minimum Gasteiger partial charge on any atom is -0.385 e. The van der Waals surface area contributed by atoms with Crippen molar-refractivity contribution >= 4 is 18.3 Å². The van der Waals surface area contributed by atoms with Crippen LogP contribution in [0.5, 0.6) is 0 Å². The highest BCUT2D eigenvalue weighted by Gasteiger charge is 2.20. The van der Waals surface area contributed by atoms with E-state index in [0.717, 1.165) is 19.4 Å². The molecule has 0 saturated heterocycles. The first kappa shape index (κ1) is 19.0. The molecule has 0 aromatic rings. The third kappa shape index (κ3) is 9.39. The van der Waals surface area contributed by atoms with Gasteiger partial charge in [-0.3, -0.25) is 4.79 Å². The average Bonchev–Trinajstić information content (AvgIpc) is 2.23. The summed E-state index contributed by atoms with van der Waals surface area (Å²) in [6.07, 6.45) is 2.43. The molecule has 0 spiro atoms. The first-order valence-corrected chi connectivity index (χ1v) is 5.86. The second kappa shape index (κ2) is 9.68. The molecular weight excluding hydrogens is 240 g/mol. The number of hydrogen-bond acceptors (Lipinski definition) is 3. The van der Waals surface area contributed by atoms with E-state index in [1.807, 2.05) is 7.05 Å². The van der Waals surface area contributed by atoms with Crippen LogP contribution in [-0.2, 0) is 9.53 Å². The summed E-state index contributed by atoms with van der Waals surface area (Å²) in [5.74, 6) is 0.192. The molecule has 0 bridgehead atoms. The van der Waals surface area contributed by atoms with E-state index in [9.17, 15) is 4.79 Å². The SMILES string of the molecule is COCCCCC(=O)N(C)CC(C)(C)CN.Cl. The van der Waals surface area contributed by atoms with Crippen LogP contribution in [0.3, 0.4) is 0 Å². The van der Waals surface area contributed by atoms with Crippen molar-refractivity contribution in [2.75, 3.05) is 33.9 Å². The van der Waals surface area contributed by atoms with Gasteiger partial charge in [0.05, 0.1) is 0 Å². The molecule has 0 aliphatic carbocycles. The molecular formula is C12H27ClN2O2. The fraction of sp³-hybridized carbons (Fsp3) is 0.917. The Bertz CT molecular complexity index is 211. The quantitative estimate of drug-likeness (QED) is 0.680. The molecule has 2 N–H and O–H groups in total. The highest BCUT2D eigenvalue weighted by molar-refractivity contribution is 5.85. The number of carbonyl (C=O) groups excluding carboxylic acids is 1. The van der Waals surface area contributed by atoms with Crippen molar-refractivity contribution < 1.29 is 9.53 Å². The van der Waals surface area contributed by atoms with Gasteiger partial charge < -0.3 is 15.4 Å². The van der Waals surface area contributed by atoms with Gasteiger partial charge in [-0.1, -0.05) is 13.8 Å². The van der Waals surface area contributed by atoms with Crippen LogP contribution in [0.2, 0.25) is 0 Å². The lowest BCUT2D eigenvalue weighted by molar-refractivity contribution is -0.131. The lowest BCUT2D eigenvalue weighted by Crippen LogP contribution is -2.39. The summed E-state index contributed by atoms with van der Waals surface area (Å²) in [5, 5.41) is 0.